The zero-order chi connectivity index (χ0) is 67.5. The molecule has 17 nitrogen and oxygen atoms in total. The Kier molecular flexibility index (Phi) is 28.0. The molecule has 0 amide bonds. The van der Waals surface area contributed by atoms with E-state index in [-0.39, 0.29) is 77.8 Å². The molecule has 5 aliphatic rings. The molecule has 0 saturated heterocycles. The van der Waals surface area contributed by atoms with Crippen molar-refractivity contribution in [1.82, 2.24) is 60.2 Å². The number of para-hydroxylation sites is 4. The Balaban J connectivity index is 0.000000150. The van der Waals surface area contributed by atoms with Crippen LogP contribution in [0, 0.1) is 76.4 Å². The van der Waals surface area contributed by atoms with Gasteiger partial charge in [0.05, 0.1) is 17.1 Å². The van der Waals surface area contributed by atoms with E-state index in [4.69, 9.17) is 0 Å². The van der Waals surface area contributed by atoms with Crippen LogP contribution in [0.25, 0.3) is 34.2 Å². The van der Waals surface area contributed by atoms with E-state index in [9.17, 15) is 13.2 Å². The average molecular weight is 1860 g/mol. The van der Waals surface area contributed by atoms with E-state index in [2.05, 4.69) is 158 Å². The Labute approximate surface area is 622 Å². The van der Waals surface area contributed by atoms with Gasteiger partial charge in [-0.1, -0.05) is 102 Å². The van der Waals surface area contributed by atoms with Crippen LogP contribution in [0.3, 0.4) is 0 Å². The van der Waals surface area contributed by atoms with E-state index in [1.807, 2.05) is 189 Å². The number of aromatic nitrogens is 9. The molecule has 0 N–H and O–H groups in total. The van der Waals surface area contributed by atoms with Crippen LogP contribution in [0.15, 0.2) is 262 Å². The molecule has 100 heavy (non-hydrogen) atoms. The third-order valence-electron chi connectivity index (χ3n) is 15.0. The van der Waals surface area contributed by atoms with Gasteiger partial charge in [0.25, 0.3) is 0 Å². The van der Waals surface area contributed by atoms with E-state index in [0.29, 0.717) is 6.17 Å². The number of benzene rings is 6. The van der Waals surface area contributed by atoms with Crippen molar-refractivity contribution in [3.05, 3.63) is 340 Å². The molecule has 0 spiro atoms. The van der Waals surface area contributed by atoms with Crippen LogP contribution in [0.1, 0.15) is 22.4 Å². The summed E-state index contributed by atoms with van der Waals surface area (Å²) in [7, 11) is 5.79. The van der Waals surface area contributed by atoms with Gasteiger partial charge in [0.2, 0.25) is 0 Å². The molecule has 6 aromatic carbocycles. The molecule has 11 heterocycles. The minimum Gasteiger partial charge on any atom is -0.574 e. The molecular formula is C77H67F3Ir3N17. The molecule has 23 heteroatoms. The first kappa shape index (κ1) is 75.5. The number of pyridine rings is 3. The molecular weight excluding hydrogens is 1800 g/mol. The third-order valence-corrected chi connectivity index (χ3v) is 15.0. The van der Waals surface area contributed by atoms with E-state index in [0.717, 1.165) is 68.9 Å². The SMILES string of the molecule is CN1C=CN(c2[c-]cc(F)cc2)[CH-]1.CN1C=CN(c2[c-]cc(F)cc2)[CH-]1.CN1C=CN(c2[c-]cc(F)cc2)[CH-]1.Cc1cc(-c2ccccn2)[n-]n1.Cc1cnc(-c2ccn[n-]2)c(C)c1.[Ir+3].[Ir+3].[Ir+3].c1ccc(-c2ccn[n-]2)nc1.c1ccc(N2c3ccccc3N3c4ccccc4CC23)cc1. The van der Waals surface area contributed by atoms with Gasteiger partial charge in [0.15, 0.2) is 0 Å². The molecule has 17 rings (SSSR count). The van der Waals surface area contributed by atoms with Crippen molar-refractivity contribution in [2.24, 2.45) is 0 Å². The third kappa shape index (κ3) is 20.2. The molecule has 5 aliphatic heterocycles. The zero-order valence-corrected chi connectivity index (χ0v) is 62.3. The van der Waals surface area contributed by atoms with Crippen LogP contribution >= 0.6 is 0 Å². The summed E-state index contributed by atoms with van der Waals surface area (Å²) in [6, 6.07) is 69.2. The number of anilines is 7. The summed E-state index contributed by atoms with van der Waals surface area (Å²) in [5, 5.41) is 23.2. The fraction of sp³-hybridized carbons (Fsp3) is 0.104. The number of rotatable bonds is 7. The van der Waals surface area contributed by atoms with E-state index in [1.54, 1.807) is 43.0 Å². The Morgan fingerprint density at radius 2 is 0.900 bits per heavy atom. The maximum Gasteiger partial charge on any atom is 3.00 e. The normalized spacial score (nSPS) is 13.7. The first-order valence-electron chi connectivity index (χ1n) is 30.9. The molecule has 0 bridgehead atoms. The summed E-state index contributed by atoms with van der Waals surface area (Å²) in [6.45, 7) is 11.7. The predicted molar refractivity (Wildman–Crippen MR) is 374 cm³/mol. The van der Waals surface area contributed by atoms with Gasteiger partial charge < -0.3 is 69.8 Å². The van der Waals surface area contributed by atoms with Crippen molar-refractivity contribution >= 4 is 39.8 Å². The quantitative estimate of drug-likeness (QED) is 0.139. The van der Waals surface area contributed by atoms with Crippen molar-refractivity contribution < 1.29 is 73.5 Å². The standard InChI is InChI=1S/C20H16N2.3C10H9FN2.C10H10N3.C9H8N3.C8H6N3.3Ir/c1-2-9-16(10-3-1)21-18-12-6-7-13-19(18)22-17-11-5-4-8-15(17)14-20(21)22;3*1-12-6-7-13(8-12)10-4-2-9(11)3-5-10;1-7-5-8(2)10(11-6-7)9-3-4-12-13-9;1-7-6-9(12-11-7)8-4-2-3-5-10-8;1-2-5-9-7(3-1)8-4-6-10-11-8;;;/h1-13,20H,14H2;3*2-4,6-8H,1H3;3-6H,1-2H3;2-6H,1H3;1-6H;;;/q;3*-2;3*-1;3*+3. The van der Waals surface area contributed by atoms with Gasteiger partial charge in [-0.15, -0.1) is 71.7 Å². The Bertz CT molecular complexity index is 4300. The maximum atomic E-state index is 12.6. The maximum absolute atomic E-state index is 12.6. The number of aryl methyl sites for hydroxylation is 3. The average Bonchev–Trinajstić information content (AvgIpc) is 1.57. The van der Waals surface area contributed by atoms with Gasteiger partial charge >= 0.3 is 60.3 Å². The van der Waals surface area contributed by atoms with Crippen molar-refractivity contribution in [3.8, 4) is 34.2 Å². The molecule has 6 aromatic heterocycles. The predicted octanol–water partition coefficient (Wildman–Crippen LogP) is 15.0. The minimum atomic E-state index is -0.264. The van der Waals surface area contributed by atoms with Crippen LogP contribution in [0.5, 0.6) is 0 Å². The Morgan fingerprint density at radius 1 is 0.440 bits per heavy atom. The van der Waals surface area contributed by atoms with Gasteiger partial charge in [0, 0.05) is 83.3 Å². The van der Waals surface area contributed by atoms with Gasteiger partial charge in [-0.2, -0.15) is 38.2 Å². The minimum absolute atomic E-state index is 0. The second kappa shape index (κ2) is 37.1. The number of fused-ring (bicyclic) bond motifs is 5. The number of nitrogens with zero attached hydrogens (tertiary/aromatic N) is 17. The van der Waals surface area contributed by atoms with Crippen LogP contribution < -0.4 is 39.8 Å². The molecule has 508 valence electrons. The monoisotopic (exact) mass is 1870 g/mol. The molecule has 12 aromatic rings. The summed E-state index contributed by atoms with van der Waals surface area (Å²) < 4.78 is 37.7. The zero-order valence-electron chi connectivity index (χ0n) is 55.1. The van der Waals surface area contributed by atoms with Gasteiger partial charge in [-0.25, -0.2) is 0 Å². The Morgan fingerprint density at radius 3 is 1.32 bits per heavy atom. The van der Waals surface area contributed by atoms with Crippen LogP contribution in [0.4, 0.5) is 53.0 Å². The number of halogens is 3. The summed E-state index contributed by atoms with van der Waals surface area (Å²) >= 11 is 0. The first-order chi connectivity index (χ1) is 47.3. The van der Waals surface area contributed by atoms with E-state index < -0.39 is 0 Å². The topological polar surface area (TPSA) is 146 Å². The molecule has 0 radical (unpaired) electrons. The summed E-state index contributed by atoms with van der Waals surface area (Å²) in [6.07, 6.45) is 21.5. The first-order valence-corrected chi connectivity index (χ1v) is 30.9. The summed E-state index contributed by atoms with van der Waals surface area (Å²) in [5.41, 5.74) is 17.6. The summed E-state index contributed by atoms with van der Waals surface area (Å²) in [4.78, 5) is 28.9. The molecule has 0 saturated carbocycles. The van der Waals surface area contributed by atoms with Crippen molar-refractivity contribution in [1.29, 1.82) is 0 Å². The second-order valence-electron chi connectivity index (χ2n) is 22.3. The van der Waals surface area contributed by atoms with Gasteiger partial charge in [-0.05, 0) is 150 Å². The van der Waals surface area contributed by atoms with E-state index in [1.165, 1.54) is 70.3 Å². The second-order valence-corrected chi connectivity index (χ2v) is 22.3. The number of hydrogen-bond acceptors (Lipinski definition) is 14. The molecule has 1 atom stereocenters. The van der Waals surface area contributed by atoms with Crippen LogP contribution in [-0.4, -0.2) is 72.3 Å². The van der Waals surface area contributed by atoms with Gasteiger partial charge in [0.1, 0.15) is 6.17 Å². The Hall–Kier alpha value is -10.2. The fourth-order valence-electron chi connectivity index (χ4n) is 10.5. The van der Waals surface area contributed by atoms with Gasteiger partial charge in [-0.3, -0.25) is 28.1 Å². The van der Waals surface area contributed by atoms with E-state index >= 15 is 0 Å². The molecule has 0 aliphatic carbocycles. The molecule has 1 unspecified atom stereocenters. The van der Waals surface area contributed by atoms with Crippen LogP contribution in [-0.2, 0) is 66.7 Å². The van der Waals surface area contributed by atoms with Crippen molar-refractivity contribution in [3.63, 3.8) is 0 Å². The van der Waals surface area contributed by atoms with Crippen molar-refractivity contribution in [2.45, 2.75) is 33.4 Å². The largest absolute Gasteiger partial charge is 3.00 e. The molecule has 0 fully saturated rings. The van der Waals surface area contributed by atoms with Crippen LogP contribution in [0.2, 0.25) is 0 Å². The van der Waals surface area contributed by atoms with Crippen molar-refractivity contribution in [2.75, 3.05) is 45.6 Å². The smallest absolute Gasteiger partial charge is 0.574 e. The number of hydrogen-bond donors (Lipinski definition) is 0. The fourth-order valence-corrected chi connectivity index (χ4v) is 10.5. The summed E-state index contributed by atoms with van der Waals surface area (Å²) in [5.74, 6) is -0.791.